The van der Waals surface area contributed by atoms with Crippen molar-refractivity contribution in [2.75, 3.05) is 16.8 Å². The van der Waals surface area contributed by atoms with Crippen molar-refractivity contribution in [3.05, 3.63) is 12.4 Å². The van der Waals surface area contributed by atoms with Gasteiger partial charge in [0.05, 0.1) is 0 Å². The van der Waals surface area contributed by atoms with Crippen molar-refractivity contribution in [3.8, 4) is 0 Å². The standard InChI is InChI=1S/C11H19N3S/c1-9(2)14-6-5-12-11(14)13-10-3-7-15-8-4-10/h5-6,9-10H,3-4,7-8H2,1-2H3,(H,12,13). The molecule has 1 aromatic heterocycles. The zero-order chi connectivity index (χ0) is 10.7. The lowest BCUT2D eigenvalue weighted by Crippen LogP contribution is -2.26. The summed E-state index contributed by atoms with van der Waals surface area (Å²) in [7, 11) is 0. The van der Waals surface area contributed by atoms with E-state index in [1.807, 2.05) is 12.4 Å². The zero-order valence-electron chi connectivity index (χ0n) is 9.44. The quantitative estimate of drug-likeness (QED) is 0.858. The molecule has 1 saturated heterocycles. The Morgan fingerprint density at radius 1 is 1.47 bits per heavy atom. The predicted molar refractivity (Wildman–Crippen MR) is 66.6 cm³/mol. The smallest absolute Gasteiger partial charge is 0.203 e. The van der Waals surface area contributed by atoms with E-state index >= 15 is 0 Å². The molecular formula is C11H19N3S. The molecule has 15 heavy (non-hydrogen) atoms. The number of anilines is 1. The summed E-state index contributed by atoms with van der Waals surface area (Å²) in [4.78, 5) is 4.38. The number of thioether (sulfide) groups is 1. The Morgan fingerprint density at radius 3 is 2.87 bits per heavy atom. The average Bonchev–Trinajstić information content (AvgIpc) is 2.67. The van der Waals surface area contributed by atoms with Crippen LogP contribution >= 0.6 is 11.8 Å². The van der Waals surface area contributed by atoms with Gasteiger partial charge in [0.15, 0.2) is 0 Å². The highest BCUT2D eigenvalue weighted by Gasteiger charge is 2.15. The van der Waals surface area contributed by atoms with Gasteiger partial charge in [0, 0.05) is 24.5 Å². The molecule has 0 saturated carbocycles. The fourth-order valence-electron chi connectivity index (χ4n) is 1.87. The van der Waals surface area contributed by atoms with Crippen LogP contribution in [0.3, 0.4) is 0 Å². The van der Waals surface area contributed by atoms with E-state index in [1.54, 1.807) is 0 Å². The van der Waals surface area contributed by atoms with Crippen LogP contribution < -0.4 is 5.32 Å². The molecular weight excluding hydrogens is 206 g/mol. The number of nitrogens with zero attached hydrogens (tertiary/aromatic N) is 2. The summed E-state index contributed by atoms with van der Waals surface area (Å²) >= 11 is 2.05. The Kier molecular flexibility index (Phi) is 3.57. The molecule has 2 heterocycles. The molecule has 0 aromatic carbocycles. The number of hydrogen-bond acceptors (Lipinski definition) is 3. The number of imidazole rings is 1. The summed E-state index contributed by atoms with van der Waals surface area (Å²) in [5, 5.41) is 3.55. The van der Waals surface area contributed by atoms with E-state index in [1.165, 1.54) is 24.3 Å². The second-order valence-electron chi connectivity index (χ2n) is 4.28. The van der Waals surface area contributed by atoms with Gasteiger partial charge in [-0.05, 0) is 38.2 Å². The monoisotopic (exact) mass is 225 g/mol. The first kappa shape index (κ1) is 10.9. The van der Waals surface area contributed by atoms with Gasteiger partial charge >= 0.3 is 0 Å². The lowest BCUT2D eigenvalue weighted by Gasteiger charge is -2.24. The van der Waals surface area contributed by atoms with Crippen molar-refractivity contribution in [2.24, 2.45) is 0 Å². The molecule has 0 spiro atoms. The highest BCUT2D eigenvalue weighted by atomic mass is 32.2. The molecule has 3 nitrogen and oxygen atoms in total. The summed E-state index contributed by atoms with van der Waals surface area (Å²) in [5.74, 6) is 3.59. The molecule has 0 aliphatic carbocycles. The van der Waals surface area contributed by atoms with Gasteiger partial charge in [-0.15, -0.1) is 0 Å². The SMILES string of the molecule is CC(C)n1ccnc1NC1CCSCC1. The molecule has 0 amide bonds. The molecule has 0 atom stereocenters. The largest absolute Gasteiger partial charge is 0.353 e. The van der Waals surface area contributed by atoms with E-state index in [9.17, 15) is 0 Å². The van der Waals surface area contributed by atoms with Crippen molar-refractivity contribution in [1.82, 2.24) is 9.55 Å². The fourth-order valence-corrected chi connectivity index (χ4v) is 2.97. The fraction of sp³-hybridized carbons (Fsp3) is 0.727. The first-order valence-electron chi connectivity index (χ1n) is 5.64. The minimum Gasteiger partial charge on any atom is -0.353 e. The number of rotatable bonds is 3. The van der Waals surface area contributed by atoms with Gasteiger partial charge in [0.25, 0.3) is 0 Å². The van der Waals surface area contributed by atoms with E-state index in [0.29, 0.717) is 12.1 Å². The molecule has 1 N–H and O–H groups in total. The van der Waals surface area contributed by atoms with Crippen molar-refractivity contribution >= 4 is 17.7 Å². The van der Waals surface area contributed by atoms with Gasteiger partial charge < -0.3 is 9.88 Å². The van der Waals surface area contributed by atoms with E-state index in [4.69, 9.17) is 0 Å². The molecule has 1 fully saturated rings. The van der Waals surface area contributed by atoms with E-state index < -0.39 is 0 Å². The van der Waals surface area contributed by atoms with Gasteiger partial charge in [-0.2, -0.15) is 11.8 Å². The van der Waals surface area contributed by atoms with Gasteiger partial charge in [0.1, 0.15) is 0 Å². The Labute approximate surface area is 95.7 Å². The summed E-state index contributed by atoms with van der Waals surface area (Å²) in [5.41, 5.74) is 0. The molecule has 1 aliphatic heterocycles. The highest BCUT2D eigenvalue weighted by molar-refractivity contribution is 7.99. The maximum atomic E-state index is 4.38. The summed E-state index contributed by atoms with van der Waals surface area (Å²) in [6, 6.07) is 1.10. The van der Waals surface area contributed by atoms with Crippen LogP contribution in [0.2, 0.25) is 0 Å². The summed E-state index contributed by atoms with van der Waals surface area (Å²) in [6.45, 7) is 4.37. The Balaban J connectivity index is 1.99. The summed E-state index contributed by atoms with van der Waals surface area (Å²) in [6.07, 6.45) is 6.44. The van der Waals surface area contributed by atoms with Crippen molar-refractivity contribution in [3.63, 3.8) is 0 Å². The normalized spacial score (nSPS) is 18.3. The molecule has 1 aliphatic rings. The Bertz CT molecular complexity index is 303. The first-order valence-corrected chi connectivity index (χ1v) is 6.80. The predicted octanol–water partition coefficient (Wildman–Crippen LogP) is 2.77. The maximum absolute atomic E-state index is 4.38. The second kappa shape index (κ2) is 4.92. The van der Waals surface area contributed by atoms with Crippen molar-refractivity contribution in [1.29, 1.82) is 0 Å². The molecule has 1 aromatic rings. The van der Waals surface area contributed by atoms with Gasteiger partial charge in [0.2, 0.25) is 5.95 Å². The molecule has 2 rings (SSSR count). The van der Waals surface area contributed by atoms with Crippen LogP contribution in [0.5, 0.6) is 0 Å². The van der Waals surface area contributed by atoms with E-state index in [0.717, 1.165) is 5.95 Å². The van der Waals surface area contributed by atoms with Crippen LogP contribution in [0.25, 0.3) is 0 Å². The van der Waals surface area contributed by atoms with Gasteiger partial charge in [-0.1, -0.05) is 0 Å². The second-order valence-corrected chi connectivity index (χ2v) is 5.51. The summed E-state index contributed by atoms with van der Waals surface area (Å²) < 4.78 is 2.20. The maximum Gasteiger partial charge on any atom is 0.203 e. The van der Waals surface area contributed by atoms with Crippen molar-refractivity contribution in [2.45, 2.75) is 38.8 Å². The zero-order valence-corrected chi connectivity index (χ0v) is 10.3. The topological polar surface area (TPSA) is 29.9 Å². The molecule has 4 heteroatoms. The molecule has 84 valence electrons. The lowest BCUT2D eigenvalue weighted by molar-refractivity contribution is 0.587. The van der Waals surface area contributed by atoms with Crippen molar-refractivity contribution < 1.29 is 0 Å². The van der Waals surface area contributed by atoms with Crippen LogP contribution in [0.1, 0.15) is 32.7 Å². The minimum atomic E-state index is 0.480. The third-order valence-electron chi connectivity index (χ3n) is 2.78. The van der Waals surface area contributed by atoms with Gasteiger partial charge in [-0.25, -0.2) is 4.98 Å². The van der Waals surface area contributed by atoms with Crippen LogP contribution in [-0.4, -0.2) is 27.1 Å². The third-order valence-corrected chi connectivity index (χ3v) is 3.83. The Morgan fingerprint density at radius 2 is 2.20 bits per heavy atom. The number of hydrogen-bond donors (Lipinski definition) is 1. The molecule has 0 radical (unpaired) electrons. The highest BCUT2D eigenvalue weighted by Crippen LogP contribution is 2.21. The van der Waals surface area contributed by atoms with Crippen LogP contribution in [0, 0.1) is 0 Å². The van der Waals surface area contributed by atoms with Crippen LogP contribution in [-0.2, 0) is 0 Å². The van der Waals surface area contributed by atoms with Crippen LogP contribution in [0.4, 0.5) is 5.95 Å². The average molecular weight is 225 g/mol. The molecule has 0 bridgehead atoms. The third kappa shape index (κ3) is 2.68. The lowest BCUT2D eigenvalue weighted by atomic mass is 10.2. The van der Waals surface area contributed by atoms with E-state index in [2.05, 4.69) is 40.5 Å². The Hall–Kier alpha value is -0.640. The number of aromatic nitrogens is 2. The minimum absolute atomic E-state index is 0.480. The number of nitrogens with one attached hydrogen (secondary N) is 1. The molecule has 0 unspecified atom stereocenters. The van der Waals surface area contributed by atoms with E-state index in [-0.39, 0.29) is 0 Å². The first-order chi connectivity index (χ1) is 7.27. The van der Waals surface area contributed by atoms with Crippen LogP contribution in [0.15, 0.2) is 12.4 Å². The van der Waals surface area contributed by atoms with Gasteiger partial charge in [-0.3, -0.25) is 0 Å².